The molecule has 4 rings (SSSR count). The fourth-order valence-electron chi connectivity index (χ4n) is 4.60. The standard InChI is InChI=1S/C30H36ClN5O2S/c1-20-18-35(15-16-36(20)28(38)23-11-13-24(14-12-23)30(3,4)5)26-17-25(31)33-29(34-26)39-19-27(37)32-21(2)22-9-7-6-8-10-22/h6-14,17,20-21H,15-16,18-19H2,1-5H3,(H,32,37). The van der Waals surface area contributed by atoms with E-state index >= 15 is 0 Å². The van der Waals surface area contributed by atoms with E-state index in [-0.39, 0.29) is 35.1 Å². The Kier molecular flexibility index (Phi) is 9.18. The highest BCUT2D eigenvalue weighted by molar-refractivity contribution is 7.99. The molecule has 0 spiro atoms. The largest absolute Gasteiger partial charge is 0.353 e. The highest BCUT2D eigenvalue weighted by atomic mass is 35.5. The van der Waals surface area contributed by atoms with E-state index in [1.54, 1.807) is 6.07 Å². The number of anilines is 1. The molecule has 39 heavy (non-hydrogen) atoms. The Bertz CT molecular complexity index is 1300. The molecule has 1 N–H and O–H groups in total. The normalized spacial score (nSPS) is 16.6. The predicted octanol–water partition coefficient (Wildman–Crippen LogP) is 5.75. The number of thioether (sulfide) groups is 1. The van der Waals surface area contributed by atoms with Crippen LogP contribution in [0.4, 0.5) is 5.82 Å². The maximum absolute atomic E-state index is 13.3. The first kappa shape index (κ1) is 28.9. The maximum atomic E-state index is 13.3. The molecule has 3 aromatic rings. The highest BCUT2D eigenvalue weighted by Gasteiger charge is 2.29. The summed E-state index contributed by atoms with van der Waals surface area (Å²) in [5.41, 5.74) is 2.99. The number of aromatic nitrogens is 2. The second-order valence-corrected chi connectivity index (χ2v) is 12.3. The van der Waals surface area contributed by atoms with Gasteiger partial charge in [0.15, 0.2) is 5.16 Å². The van der Waals surface area contributed by atoms with Gasteiger partial charge in [-0.25, -0.2) is 9.97 Å². The zero-order valence-corrected chi connectivity index (χ0v) is 24.7. The van der Waals surface area contributed by atoms with Crippen LogP contribution >= 0.6 is 23.4 Å². The minimum absolute atomic E-state index is 0.0105. The van der Waals surface area contributed by atoms with Gasteiger partial charge in [0.25, 0.3) is 5.91 Å². The van der Waals surface area contributed by atoms with Gasteiger partial charge in [0.2, 0.25) is 5.91 Å². The minimum atomic E-state index is -0.0993. The van der Waals surface area contributed by atoms with E-state index in [4.69, 9.17) is 11.6 Å². The van der Waals surface area contributed by atoms with Gasteiger partial charge in [0, 0.05) is 37.3 Å². The molecular formula is C30H36ClN5O2S. The molecular weight excluding hydrogens is 530 g/mol. The first-order valence-electron chi connectivity index (χ1n) is 13.2. The van der Waals surface area contributed by atoms with Crippen LogP contribution in [-0.2, 0) is 10.2 Å². The molecule has 9 heteroatoms. The van der Waals surface area contributed by atoms with E-state index in [2.05, 4.69) is 41.0 Å². The lowest BCUT2D eigenvalue weighted by Gasteiger charge is -2.40. The van der Waals surface area contributed by atoms with Crippen LogP contribution in [0.15, 0.2) is 65.8 Å². The van der Waals surface area contributed by atoms with Gasteiger partial charge < -0.3 is 15.1 Å². The lowest BCUT2D eigenvalue weighted by molar-refractivity contribution is -0.119. The topological polar surface area (TPSA) is 78.4 Å². The average Bonchev–Trinajstić information content (AvgIpc) is 2.91. The predicted molar refractivity (Wildman–Crippen MR) is 159 cm³/mol. The summed E-state index contributed by atoms with van der Waals surface area (Å²) in [6.07, 6.45) is 0. The van der Waals surface area contributed by atoms with Gasteiger partial charge in [-0.2, -0.15) is 0 Å². The summed E-state index contributed by atoms with van der Waals surface area (Å²) in [6.45, 7) is 12.3. The molecule has 2 unspecified atom stereocenters. The number of hydrogen-bond acceptors (Lipinski definition) is 6. The van der Waals surface area contributed by atoms with Gasteiger partial charge in [-0.05, 0) is 42.5 Å². The Morgan fingerprint density at radius 2 is 1.77 bits per heavy atom. The number of halogens is 1. The number of nitrogens with one attached hydrogen (secondary N) is 1. The smallest absolute Gasteiger partial charge is 0.254 e. The van der Waals surface area contributed by atoms with Gasteiger partial charge in [-0.3, -0.25) is 9.59 Å². The van der Waals surface area contributed by atoms with Crippen molar-refractivity contribution >= 4 is 41.0 Å². The minimum Gasteiger partial charge on any atom is -0.353 e. The average molecular weight is 566 g/mol. The van der Waals surface area contributed by atoms with Crippen LogP contribution in [0, 0.1) is 0 Å². The zero-order valence-electron chi connectivity index (χ0n) is 23.1. The fraction of sp³-hybridized carbons (Fsp3) is 0.400. The summed E-state index contributed by atoms with van der Waals surface area (Å²) in [7, 11) is 0. The second kappa shape index (κ2) is 12.4. The summed E-state index contributed by atoms with van der Waals surface area (Å²) < 4.78 is 0. The van der Waals surface area contributed by atoms with Crippen LogP contribution in [0.2, 0.25) is 5.15 Å². The molecule has 0 saturated carbocycles. The molecule has 1 saturated heterocycles. The molecule has 7 nitrogen and oxygen atoms in total. The van der Waals surface area contributed by atoms with Crippen molar-refractivity contribution in [2.24, 2.45) is 0 Å². The van der Waals surface area contributed by atoms with Crippen LogP contribution in [0.1, 0.15) is 62.1 Å². The molecule has 206 valence electrons. The monoisotopic (exact) mass is 565 g/mol. The molecule has 0 radical (unpaired) electrons. The van der Waals surface area contributed by atoms with E-state index in [0.29, 0.717) is 41.3 Å². The SMILES string of the molecule is CC(NC(=O)CSc1nc(Cl)cc(N2CCN(C(=O)c3ccc(C(C)(C)C)cc3)C(C)C2)n1)c1ccccc1. The van der Waals surface area contributed by atoms with E-state index in [9.17, 15) is 9.59 Å². The Hall–Kier alpha value is -3.10. The van der Waals surface area contributed by atoms with Crippen molar-refractivity contribution in [3.63, 3.8) is 0 Å². The molecule has 0 aliphatic carbocycles. The van der Waals surface area contributed by atoms with Crippen LogP contribution < -0.4 is 10.2 Å². The number of nitrogens with zero attached hydrogens (tertiary/aromatic N) is 4. The molecule has 1 aliphatic rings. The van der Waals surface area contributed by atoms with Gasteiger partial charge >= 0.3 is 0 Å². The number of carbonyl (C=O) groups is 2. The first-order chi connectivity index (χ1) is 18.5. The summed E-state index contributed by atoms with van der Waals surface area (Å²) in [6, 6.07) is 19.4. The molecule has 1 aromatic heterocycles. The van der Waals surface area contributed by atoms with Crippen molar-refractivity contribution < 1.29 is 9.59 Å². The molecule has 2 aromatic carbocycles. The third kappa shape index (κ3) is 7.51. The van der Waals surface area contributed by atoms with Crippen molar-refractivity contribution in [1.82, 2.24) is 20.2 Å². The number of hydrogen-bond donors (Lipinski definition) is 1. The van der Waals surface area contributed by atoms with Crippen molar-refractivity contribution in [3.05, 3.63) is 82.5 Å². The molecule has 1 aliphatic heterocycles. The van der Waals surface area contributed by atoms with Gasteiger partial charge in [0.1, 0.15) is 11.0 Å². The van der Waals surface area contributed by atoms with Crippen LogP contribution in [0.25, 0.3) is 0 Å². The Morgan fingerprint density at radius 3 is 2.41 bits per heavy atom. The summed E-state index contributed by atoms with van der Waals surface area (Å²) in [4.78, 5) is 38.8. The Balaban J connectivity index is 1.35. The summed E-state index contributed by atoms with van der Waals surface area (Å²) in [5.74, 6) is 0.820. The van der Waals surface area contributed by atoms with E-state index in [1.165, 1.54) is 17.3 Å². The molecule has 2 atom stereocenters. The third-order valence-electron chi connectivity index (χ3n) is 6.88. The number of benzene rings is 2. The zero-order chi connectivity index (χ0) is 28.2. The fourth-order valence-corrected chi connectivity index (χ4v) is 5.49. The number of amides is 2. The van der Waals surface area contributed by atoms with Gasteiger partial charge in [0.05, 0.1) is 11.8 Å². The second-order valence-electron chi connectivity index (χ2n) is 10.9. The van der Waals surface area contributed by atoms with Crippen molar-refractivity contribution in [2.45, 2.75) is 57.3 Å². The highest BCUT2D eigenvalue weighted by Crippen LogP contribution is 2.26. The van der Waals surface area contributed by atoms with Crippen molar-refractivity contribution in [3.8, 4) is 0 Å². The summed E-state index contributed by atoms with van der Waals surface area (Å²) >= 11 is 7.59. The maximum Gasteiger partial charge on any atom is 0.254 e. The number of rotatable bonds is 7. The van der Waals surface area contributed by atoms with Gasteiger partial charge in [-0.15, -0.1) is 0 Å². The van der Waals surface area contributed by atoms with Crippen LogP contribution in [-0.4, -0.2) is 58.1 Å². The Labute approximate surface area is 240 Å². The Morgan fingerprint density at radius 1 is 1.08 bits per heavy atom. The number of piperazine rings is 1. The van der Waals surface area contributed by atoms with Crippen molar-refractivity contribution in [2.75, 3.05) is 30.3 Å². The van der Waals surface area contributed by atoms with E-state index < -0.39 is 0 Å². The lowest BCUT2D eigenvalue weighted by Crippen LogP contribution is -2.54. The molecule has 0 bridgehead atoms. The lowest BCUT2D eigenvalue weighted by atomic mass is 9.86. The summed E-state index contributed by atoms with van der Waals surface area (Å²) in [5, 5.41) is 3.78. The molecule has 1 fully saturated rings. The van der Waals surface area contributed by atoms with E-state index in [0.717, 1.165) is 5.56 Å². The third-order valence-corrected chi connectivity index (χ3v) is 7.92. The van der Waals surface area contributed by atoms with Gasteiger partial charge in [-0.1, -0.05) is 86.6 Å². The van der Waals surface area contributed by atoms with E-state index in [1.807, 2.05) is 73.3 Å². The first-order valence-corrected chi connectivity index (χ1v) is 14.6. The van der Waals surface area contributed by atoms with Crippen molar-refractivity contribution in [1.29, 1.82) is 0 Å². The quantitative estimate of drug-likeness (QED) is 0.223. The molecule has 2 amide bonds. The number of carbonyl (C=O) groups excluding carboxylic acids is 2. The van der Waals surface area contributed by atoms with Crippen LogP contribution in [0.5, 0.6) is 0 Å². The molecule has 2 heterocycles. The van der Waals surface area contributed by atoms with Crippen LogP contribution in [0.3, 0.4) is 0 Å².